The maximum Gasteiger partial charge on any atom is 0.165 e. The Bertz CT molecular complexity index is 591. The molecule has 1 aromatic heterocycles. The van der Waals surface area contributed by atoms with E-state index < -0.39 is 0 Å². The zero-order valence-corrected chi connectivity index (χ0v) is 13.0. The van der Waals surface area contributed by atoms with E-state index >= 15 is 0 Å². The van der Waals surface area contributed by atoms with Crippen LogP contribution in [-0.4, -0.2) is 12.3 Å². The molecule has 0 saturated heterocycles. The predicted molar refractivity (Wildman–Crippen MR) is 85.5 cm³/mol. The number of hydrogen-bond donors (Lipinski definition) is 1. The molecule has 0 aliphatic heterocycles. The van der Waals surface area contributed by atoms with Crippen molar-refractivity contribution >= 4 is 29.3 Å². The van der Waals surface area contributed by atoms with Crippen LogP contribution in [0.3, 0.4) is 0 Å². The standard InChI is InChI=1S/C14H15FN2O2S.ClH/c1-18-13-5-4-10(7-12(13)15)9-20-14(16)17-8-11-3-2-6-19-11;/h2-7H,8-9H2,1H3,(H2,16,17);1H. The van der Waals surface area contributed by atoms with Crippen LogP contribution >= 0.6 is 24.2 Å². The van der Waals surface area contributed by atoms with Gasteiger partial charge in [0.05, 0.1) is 19.9 Å². The third-order valence-corrected chi connectivity index (χ3v) is 3.48. The summed E-state index contributed by atoms with van der Waals surface area (Å²) in [5.74, 6) is 1.16. The maximum atomic E-state index is 13.5. The van der Waals surface area contributed by atoms with E-state index in [0.717, 1.165) is 11.3 Å². The second-order valence-electron chi connectivity index (χ2n) is 3.99. The van der Waals surface area contributed by atoms with Crippen LogP contribution in [0, 0.1) is 5.82 Å². The Morgan fingerprint density at radius 2 is 2.24 bits per heavy atom. The summed E-state index contributed by atoms with van der Waals surface area (Å²) < 4.78 is 23.5. The number of halogens is 2. The Morgan fingerprint density at radius 1 is 1.43 bits per heavy atom. The van der Waals surface area contributed by atoms with Crippen LogP contribution < -0.4 is 10.5 Å². The van der Waals surface area contributed by atoms with Crippen LogP contribution in [-0.2, 0) is 12.3 Å². The monoisotopic (exact) mass is 330 g/mol. The Morgan fingerprint density at radius 3 is 2.86 bits per heavy atom. The molecule has 0 atom stereocenters. The van der Waals surface area contributed by atoms with Crippen molar-refractivity contribution in [3.8, 4) is 5.75 Å². The average molecular weight is 331 g/mol. The van der Waals surface area contributed by atoms with Crippen molar-refractivity contribution in [1.29, 1.82) is 0 Å². The number of nitrogens with two attached hydrogens (primary N) is 1. The lowest BCUT2D eigenvalue weighted by atomic mass is 10.2. The summed E-state index contributed by atoms with van der Waals surface area (Å²) in [6.45, 7) is 0.406. The number of rotatable bonds is 5. The van der Waals surface area contributed by atoms with Gasteiger partial charge in [-0.2, -0.15) is 0 Å². The number of methoxy groups -OCH3 is 1. The fourth-order valence-corrected chi connectivity index (χ4v) is 2.21. The van der Waals surface area contributed by atoms with Gasteiger partial charge in [0.1, 0.15) is 5.76 Å². The number of ether oxygens (including phenoxy) is 1. The van der Waals surface area contributed by atoms with Crippen molar-refractivity contribution in [3.63, 3.8) is 0 Å². The number of hydrogen-bond acceptors (Lipinski definition) is 4. The number of thioether (sulfide) groups is 1. The molecule has 0 bridgehead atoms. The molecular formula is C14H16ClFN2O2S. The second-order valence-corrected chi connectivity index (χ2v) is 4.99. The first-order valence-corrected chi connectivity index (χ1v) is 6.95. The summed E-state index contributed by atoms with van der Waals surface area (Å²) in [7, 11) is 1.44. The van der Waals surface area contributed by atoms with E-state index in [-0.39, 0.29) is 24.0 Å². The summed E-state index contributed by atoms with van der Waals surface area (Å²) in [4.78, 5) is 4.18. The van der Waals surface area contributed by atoms with Gasteiger partial charge in [0.2, 0.25) is 0 Å². The molecule has 0 aliphatic rings. The third kappa shape index (κ3) is 5.32. The van der Waals surface area contributed by atoms with Crippen LogP contribution in [0.1, 0.15) is 11.3 Å². The SMILES string of the molecule is COc1ccc(CSC(N)=NCc2ccco2)cc1F.Cl. The van der Waals surface area contributed by atoms with Gasteiger partial charge in [0.15, 0.2) is 16.7 Å². The van der Waals surface area contributed by atoms with E-state index in [9.17, 15) is 4.39 Å². The van der Waals surface area contributed by atoms with E-state index in [0.29, 0.717) is 17.5 Å². The van der Waals surface area contributed by atoms with Crippen molar-refractivity contribution in [2.75, 3.05) is 7.11 Å². The largest absolute Gasteiger partial charge is 0.494 e. The highest BCUT2D eigenvalue weighted by molar-refractivity contribution is 8.13. The zero-order valence-electron chi connectivity index (χ0n) is 11.4. The lowest BCUT2D eigenvalue weighted by Crippen LogP contribution is -2.07. The van der Waals surface area contributed by atoms with E-state index in [2.05, 4.69) is 4.99 Å². The first kappa shape index (κ1) is 17.4. The molecular weight excluding hydrogens is 315 g/mol. The highest BCUT2D eigenvalue weighted by Crippen LogP contribution is 2.20. The summed E-state index contributed by atoms with van der Waals surface area (Å²) in [5.41, 5.74) is 6.61. The molecule has 0 unspecified atom stereocenters. The van der Waals surface area contributed by atoms with Crippen molar-refractivity contribution < 1.29 is 13.5 Å². The molecule has 114 valence electrons. The van der Waals surface area contributed by atoms with Gasteiger partial charge in [0, 0.05) is 5.75 Å². The van der Waals surface area contributed by atoms with E-state index in [4.69, 9.17) is 14.9 Å². The normalized spacial score (nSPS) is 11.0. The lowest BCUT2D eigenvalue weighted by Gasteiger charge is -2.05. The predicted octanol–water partition coefficient (Wildman–Crippen LogP) is 3.60. The molecule has 0 aliphatic carbocycles. The number of amidine groups is 1. The summed E-state index contributed by atoms with van der Waals surface area (Å²) in [6, 6.07) is 8.47. The molecule has 21 heavy (non-hydrogen) atoms. The number of aliphatic imine (C=N–C) groups is 1. The Balaban J connectivity index is 0.00000220. The van der Waals surface area contributed by atoms with Gasteiger partial charge in [-0.1, -0.05) is 17.8 Å². The number of furan rings is 1. The minimum absolute atomic E-state index is 0. The molecule has 0 amide bonds. The molecule has 0 radical (unpaired) electrons. The fourth-order valence-electron chi connectivity index (χ4n) is 1.56. The molecule has 2 rings (SSSR count). The molecule has 7 heteroatoms. The highest BCUT2D eigenvalue weighted by atomic mass is 35.5. The zero-order chi connectivity index (χ0) is 14.4. The second kappa shape index (κ2) is 8.59. The molecule has 1 aromatic carbocycles. The minimum Gasteiger partial charge on any atom is -0.494 e. The third-order valence-electron chi connectivity index (χ3n) is 2.57. The Kier molecular flexibility index (Phi) is 7.11. The first-order chi connectivity index (χ1) is 9.69. The molecule has 0 spiro atoms. The molecule has 2 N–H and O–H groups in total. The summed E-state index contributed by atoms with van der Waals surface area (Å²) >= 11 is 1.35. The van der Waals surface area contributed by atoms with Gasteiger partial charge in [-0.25, -0.2) is 4.39 Å². The van der Waals surface area contributed by atoms with Crippen molar-refractivity contribution in [2.45, 2.75) is 12.3 Å². The van der Waals surface area contributed by atoms with Crippen LogP contribution in [0.4, 0.5) is 4.39 Å². The van der Waals surface area contributed by atoms with Gasteiger partial charge in [-0.15, -0.1) is 12.4 Å². The first-order valence-electron chi connectivity index (χ1n) is 5.96. The molecule has 1 heterocycles. The topological polar surface area (TPSA) is 60.8 Å². The molecule has 0 fully saturated rings. The van der Waals surface area contributed by atoms with E-state index in [1.165, 1.54) is 24.9 Å². The van der Waals surface area contributed by atoms with Crippen LogP contribution in [0.15, 0.2) is 46.0 Å². The fraction of sp³-hybridized carbons (Fsp3) is 0.214. The quantitative estimate of drug-likeness (QED) is 0.672. The lowest BCUT2D eigenvalue weighted by molar-refractivity contribution is 0.386. The number of nitrogens with zero attached hydrogens (tertiary/aromatic N) is 1. The van der Waals surface area contributed by atoms with Crippen molar-refractivity contribution in [1.82, 2.24) is 0 Å². The van der Waals surface area contributed by atoms with Crippen molar-refractivity contribution in [3.05, 3.63) is 53.7 Å². The Labute approximate surface area is 133 Å². The summed E-state index contributed by atoms with van der Waals surface area (Å²) in [6.07, 6.45) is 1.59. The van der Waals surface area contributed by atoms with Gasteiger partial charge >= 0.3 is 0 Å². The number of benzene rings is 1. The molecule has 0 saturated carbocycles. The summed E-state index contributed by atoms with van der Waals surface area (Å²) in [5, 5.41) is 0.442. The van der Waals surface area contributed by atoms with Gasteiger partial charge in [-0.05, 0) is 29.8 Å². The molecule has 4 nitrogen and oxygen atoms in total. The van der Waals surface area contributed by atoms with Gasteiger partial charge in [-0.3, -0.25) is 4.99 Å². The smallest absolute Gasteiger partial charge is 0.165 e. The van der Waals surface area contributed by atoms with Crippen LogP contribution in [0.25, 0.3) is 0 Å². The minimum atomic E-state index is -0.378. The van der Waals surface area contributed by atoms with Gasteiger partial charge < -0.3 is 14.9 Å². The van der Waals surface area contributed by atoms with Crippen molar-refractivity contribution in [2.24, 2.45) is 10.7 Å². The van der Waals surface area contributed by atoms with Crippen LogP contribution in [0.5, 0.6) is 5.75 Å². The van der Waals surface area contributed by atoms with E-state index in [1.54, 1.807) is 24.5 Å². The van der Waals surface area contributed by atoms with Gasteiger partial charge in [0.25, 0.3) is 0 Å². The molecule has 2 aromatic rings. The maximum absolute atomic E-state index is 13.5. The Hall–Kier alpha value is -1.66. The average Bonchev–Trinajstić information content (AvgIpc) is 2.96. The van der Waals surface area contributed by atoms with Crippen LogP contribution in [0.2, 0.25) is 0 Å². The van der Waals surface area contributed by atoms with E-state index in [1.807, 2.05) is 6.07 Å². The highest BCUT2D eigenvalue weighted by Gasteiger charge is 2.04.